The number of carbonyl (C=O) groups excluding carboxylic acids is 6. The highest BCUT2D eigenvalue weighted by molar-refractivity contribution is 7.59. The molecule has 4 rings (SSSR count). The molecule has 1 aromatic carbocycles. The Morgan fingerprint density at radius 2 is 1.62 bits per heavy atom. The number of methoxy groups -OCH3 is 2. The third-order valence-electron chi connectivity index (χ3n) is 13.5. The minimum Gasteiger partial charge on any atom is -0.379 e. The number of likely N-dealkylation sites (tertiary alicyclic amines) is 1. The second-order valence-corrected chi connectivity index (χ2v) is 22.1. The number of benzene rings is 1. The number of aromatic nitrogens is 3. The van der Waals surface area contributed by atoms with E-state index in [0.717, 1.165) is 4.90 Å². The van der Waals surface area contributed by atoms with Crippen LogP contribution in [0.2, 0.25) is 0 Å². The van der Waals surface area contributed by atoms with Crippen LogP contribution in [-0.2, 0) is 67.1 Å². The van der Waals surface area contributed by atoms with E-state index >= 15 is 0 Å². The van der Waals surface area contributed by atoms with Crippen molar-refractivity contribution >= 4 is 48.8 Å². The molecule has 73 heavy (non-hydrogen) atoms. The summed E-state index contributed by atoms with van der Waals surface area (Å²) in [5.41, 5.74) is 1.09. The first-order chi connectivity index (χ1) is 34.5. The van der Waals surface area contributed by atoms with Crippen LogP contribution in [0.3, 0.4) is 0 Å². The Morgan fingerprint density at radius 3 is 2.21 bits per heavy atom. The zero-order chi connectivity index (χ0) is 54.2. The minimum atomic E-state index is -4.42. The molecule has 2 aromatic rings. The molecule has 1 aromatic heterocycles. The van der Waals surface area contributed by atoms with Crippen LogP contribution < -0.4 is 10.6 Å². The molecular formula is C50H80N11O11P. The quantitative estimate of drug-likeness (QED) is 0.0364. The Bertz CT molecular complexity index is 2250. The van der Waals surface area contributed by atoms with Crippen molar-refractivity contribution in [3.8, 4) is 0 Å². The topological polar surface area (TPSA) is 251 Å². The van der Waals surface area contributed by atoms with Crippen LogP contribution in [0, 0.1) is 17.8 Å². The number of imide groups is 1. The molecule has 0 saturated carbocycles. The summed E-state index contributed by atoms with van der Waals surface area (Å²) in [5.74, 6) is -4.28. The summed E-state index contributed by atoms with van der Waals surface area (Å²) in [5, 5.41) is 13.4. The summed E-state index contributed by atoms with van der Waals surface area (Å²) in [6.45, 7) is 10.6. The first kappa shape index (κ1) is 60.0. The molecule has 1 fully saturated rings. The summed E-state index contributed by atoms with van der Waals surface area (Å²) in [7, 11) is 7.85. The van der Waals surface area contributed by atoms with Crippen molar-refractivity contribution in [2.45, 2.75) is 116 Å². The largest absolute Gasteiger partial charge is 0.379 e. The van der Waals surface area contributed by atoms with Gasteiger partial charge in [-0.25, -0.2) is 9.67 Å². The molecule has 2 aliphatic heterocycles. The lowest BCUT2D eigenvalue weighted by atomic mass is 9.89. The fourth-order valence-electron chi connectivity index (χ4n) is 9.35. The maximum atomic E-state index is 14.5. The van der Waals surface area contributed by atoms with Crippen LogP contribution in [0.25, 0.3) is 0 Å². The van der Waals surface area contributed by atoms with Gasteiger partial charge in [-0.05, 0) is 30.2 Å². The second kappa shape index (κ2) is 28.2. The van der Waals surface area contributed by atoms with Gasteiger partial charge < -0.3 is 49.3 Å². The van der Waals surface area contributed by atoms with Crippen LogP contribution >= 0.6 is 7.37 Å². The highest BCUT2D eigenvalue weighted by Crippen LogP contribution is 2.46. The Kier molecular flexibility index (Phi) is 23.2. The zero-order valence-electron chi connectivity index (χ0n) is 44.8. The molecule has 6 amide bonds. The van der Waals surface area contributed by atoms with Crippen molar-refractivity contribution in [2.24, 2.45) is 22.7 Å². The number of nitrogens with zero attached hydrogens (tertiary/aromatic N) is 9. The zero-order valence-corrected chi connectivity index (χ0v) is 45.7. The van der Waals surface area contributed by atoms with E-state index in [-0.39, 0.29) is 62.8 Å². The van der Waals surface area contributed by atoms with Gasteiger partial charge in [-0.2, -0.15) is 0 Å². The average molecular weight is 1040 g/mol. The molecule has 22 nitrogen and oxygen atoms in total. The molecule has 23 heteroatoms. The van der Waals surface area contributed by atoms with Crippen molar-refractivity contribution in [3.63, 3.8) is 0 Å². The highest BCUT2D eigenvalue weighted by Gasteiger charge is 2.44. The molecule has 0 spiro atoms. The van der Waals surface area contributed by atoms with Gasteiger partial charge in [0.2, 0.25) is 31.0 Å². The Balaban J connectivity index is 1.39. The number of rotatable bonds is 28. The van der Waals surface area contributed by atoms with Gasteiger partial charge in [0, 0.05) is 81.1 Å². The number of amides is 6. The van der Waals surface area contributed by atoms with Crippen LogP contribution in [0.5, 0.6) is 0 Å². The lowest BCUT2D eigenvalue weighted by Gasteiger charge is -2.40. The molecule has 0 bridgehead atoms. The van der Waals surface area contributed by atoms with Crippen molar-refractivity contribution in [3.05, 3.63) is 59.9 Å². The van der Waals surface area contributed by atoms with Gasteiger partial charge in [0.05, 0.1) is 69.1 Å². The summed E-state index contributed by atoms with van der Waals surface area (Å²) in [6.07, 6.45) is 3.57. The monoisotopic (exact) mass is 1040 g/mol. The normalized spacial score (nSPS) is 18.4. The fraction of sp³-hybridized carbons (Fsp3) is 0.660. The van der Waals surface area contributed by atoms with Crippen LogP contribution in [0.15, 0.2) is 53.7 Å². The van der Waals surface area contributed by atoms with E-state index in [1.165, 1.54) is 23.9 Å². The van der Waals surface area contributed by atoms with Gasteiger partial charge >= 0.3 is 0 Å². The lowest BCUT2D eigenvalue weighted by Crippen LogP contribution is -2.55. The van der Waals surface area contributed by atoms with E-state index in [2.05, 4.69) is 20.9 Å². The second-order valence-electron chi connectivity index (χ2n) is 19.7. The predicted octanol–water partition coefficient (Wildman–Crippen LogP) is 2.22. The van der Waals surface area contributed by atoms with E-state index in [0.29, 0.717) is 49.6 Å². The van der Waals surface area contributed by atoms with Gasteiger partial charge in [-0.1, -0.05) is 76.6 Å². The number of guanidine groups is 1. The SMILES string of the molecule is CC[C@H](C)[C@@H]([C@@H](CC(=O)N1CCCC1[C@H](OC)[C@@H](C)C(=O)N[C@@H](Cc1ccccc1)P(=O)(O)CC(=O)NCCOCCn1cc(CN2C(=O)C=CC2=O)nn1)OC)N(C)C(=O)C(N=C(N(C)C)N(C)C)C(C)C. The maximum Gasteiger partial charge on any atom is 0.253 e. The van der Waals surface area contributed by atoms with Gasteiger partial charge in [0.1, 0.15) is 23.7 Å². The maximum absolute atomic E-state index is 14.5. The third kappa shape index (κ3) is 16.7. The number of nitrogens with one attached hydrogen (secondary N) is 2. The summed E-state index contributed by atoms with van der Waals surface area (Å²) in [6, 6.07) is 7.21. The van der Waals surface area contributed by atoms with E-state index in [1.54, 1.807) is 67.4 Å². The van der Waals surface area contributed by atoms with Gasteiger partial charge in [-0.3, -0.25) is 38.2 Å². The van der Waals surface area contributed by atoms with E-state index in [1.807, 2.05) is 65.7 Å². The molecule has 2 aliphatic rings. The van der Waals surface area contributed by atoms with Gasteiger partial charge in [0.15, 0.2) is 5.96 Å². The van der Waals surface area contributed by atoms with Crippen LogP contribution in [-0.4, -0.2) is 204 Å². The molecule has 3 heterocycles. The third-order valence-corrected chi connectivity index (χ3v) is 15.5. The number of hydrogen-bond acceptors (Lipinski definition) is 13. The number of likely N-dealkylation sites (N-methyl/N-ethyl adjacent to an activating group) is 1. The molecule has 0 aliphatic carbocycles. The van der Waals surface area contributed by atoms with Crippen molar-refractivity contribution < 1.29 is 52.4 Å². The van der Waals surface area contributed by atoms with Crippen LogP contribution in [0.4, 0.5) is 0 Å². The number of carbonyl (C=O) groups is 6. The number of hydrogen-bond donors (Lipinski definition) is 3. The molecular weight excluding hydrogens is 962 g/mol. The van der Waals surface area contributed by atoms with E-state index < -0.39 is 79.2 Å². The minimum absolute atomic E-state index is 0.0101. The summed E-state index contributed by atoms with van der Waals surface area (Å²) in [4.78, 5) is 104. The molecule has 0 radical (unpaired) electrons. The van der Waals surface area contributed by atoms with Crippen molar-refractivity contribution in [2.75, 3.05) is 81.9 Å². The van der Waals surface area contributed by atoms with Crippen LogP contribution in [0.1, 0.15) is 71.6 Å². The molecule has 406 valence electrons. The Labute approximate surface area is 430 Å². The molecule has 9 atom stereocenters. The lowest BCUT2D eigenvalue weighted by molar-refractivity contribution is -0.146. The van der Waals surface area contributed by atoms with Gasteiger partial charge in [0.25, 0.3) is 11.8 Å². The number of ether oxygens (including phenoxy) is 3. The smallest absolute Gasteiger partial charge is 0.253 e. The van der Waals surface area contributed by atoms with E-state index in [4.69, 9.17) is 19.2 Å². The highest BCUT2D eigenvalue weighted by atomic mass is 31.2. The first-order valence-electron chi connectivity index (χ1n) is 25.0. The summed E-state index contributed by atoms with van der Waals surface area (Å²) >= 11 is 0. The van der Waals surface area contributed by atoms with Crippen molar-refractivity contribution in [1.82, 2.24) is 50.1 Å². The van der Waals surface area contributed by atoms with E-state index in [9.17, 15) is 38.2 Å². The molecule has 3 unspecified atom stereocenters. The average Bonchev–Trinajstić information content (AvgIpc) is 4.10. The molecule has 3 N–H and O–H groups in total. The standard InChI is InChI=1S/C50H80N11O11P/c1-13-34(4)46(58(10)49(67)45(33(2)3)53-50(56(6)7)57(8)9)39(70-11)29-44(65)60-24-17-20-38(60)47(71-12)35(5)48(66)52-41(28-36-18-15-14-16-19-36)73(68,69)32-40(62)51-23-26-72-27-25-59-30-37(54-55-59)31-61-42(63)21-22-43(61)64/h14-16,18-19,21-22,30,33-35,38-39,41,45-47H,13,17,20,23-29,31-32H2,1-12H3,(H,51,62)(H,52,66)(H,68,69)/t34-,35+,38?,39+,41+,45?,46-,47+/m0/s1. The predicted molar refractivity (Wildman–Crippen MR) is 275 cm³/mol. The fourth-order valence-corrected chi connectivity index (χ4v) is 10.9. The first-order valence-corrected chi connectivity index (χ1v) is 26.9. The Hall–Kier alpha value is -5.54. The van der Waals surface area contributed by atoms with Gasteiger partial charge in [-0.15, -0.1) is 5.10 Å². The van der Waals surface area contributed by atoms with Crippen molar-refractivity contribution in [1.29, 1.82) is 0 Å². The molecule has 1 saturated heterocycles. The Morgan fingerprint density at radius 1 is 0.959 bits per heavy atom. The summed E-state index contributed by atoms with van der Waals surface area (Å²) < 4.78 is 33.3. The number of aliphatic imine (C=N–C) groups is 1.